The highest BCUT2D eigenvalue weighted by Gasteiger charge is 2.30. The number of tetrazole rings is 1. The maximum atomic E-state index is 13.3. The van der Waals surface area contributed by atoms with E-state index in [1.165, 1.54) is 6.33 Å². The van der Waals surface area contributed by atoms with Gasteiger partial charge < -0.3 is 10.1 Å². The summed E-state index contributed by atoms with van der Waals surface area (Å²) in [7, 11) is 0. The van der Waals surface area contributed by atoms with Gasteiger partial charge in [0.25, 0.3) is 5.91 Å². The van der Waals surface area contributed by atoms with Crippen LogP contribution in [0.5, 0.6) is 0 Å². The molecule has 162 valence electrons. The van der Waals surface area contributed by atoms with Crippen LogP contribution in [0.15, 0.2) is 61.1 Å². The zero-order chi connectivity index (χ0) is 22.1. The van der Waals surface area contributed by atoms with E-state index in [0.29, 0.717) is 17.9 Å². The summed E-state index contributed by atoms with van der Waals surface area (Å²) in [6.07, 6.45) is 4.86. The Labute approximate surface area is 185 Å². The van der Waals surface area contributed by atoms with Gasteiger partial charge >= 0.3 is 0 Å². The maximum absolute atomic E-state index is 13.3. The first-order chi connectivity index (χ1) is 15.5. The number of benzene rings is 2. The van der Waals surface area contributed by atoms with Gasteiger partial charge in [-0.05, 0) is 66.9 Å². The number of nitrogens with zero attached hydrogens (tertiary/aromatic N) is 5. The van der Waals surface area contributed by atoms with E-state index in [1.807, 2.05) is 42.5 Å². The summed E-state index contributed by atoms with van der Waals surface area (Å²) in [6.45, 7) is 4.74. The summed E-state index contributed by atoms with van der Waals surface area (Å²) < 4.78 is 7.34. The summed E-state index contributed by atoms with van der Waals surface area (Å²) >= 11 is 0. The van der Waals surface area contributed by atoms with Crippen molar-refractivity contribution in [3.8, 4) is 16.8 Å². The minimum atomic E-state index is -0.246. The third kappa shape index (κ3) is 4.09. The first-order valence-electron chi connectivity index (χ1n) is 10.7. The molecule has 4 aromatic rings. The van der Waals surface area contributed by atoms with Crippen molar-refractivity contribution in [1.29, 1.82) is 0 Å². The van der Waals surface area contributed by atoms with Crippen molar-refractivity contribution in [3.05, 3.63) is 66.6 Å². The van der Waals surface area contributed by atoms with Crippen LogP contribution < -0.4 is 5.32 Å². The monoisotopic (exact) mass is 428 g/mol. The molecule has 0 bridgehead atoms. The van der Waals surface area contributed by atoms with Gasteiger partial charge in [0.15, 0.2) is 0 Å². The number of amides is 1. The van der Waals surface area contributed by atoms with E-state index in [4.69, 9.17) is 4.74 Å². The topological polar surface area (TPSA) is 94.8 Å². The molecule has 32 heavy (non-hydrogen) atoms. The van der Waals surface area contributed by atoms with Crippen molar-refractivity contribution < 1.29 is 9.53 Å². The van der Waals surface area contributed by atoms with Crippen molar-refractivity contribution in [2.75, 3.05) is 6.61 Å². The summed E-state index contributed by atoms with van der Waals surface area (Å²) in [5, 5.41) is 15.7. The van der Waals surface area contributed by atoms with Gasteiger partial charge in [0, 0.05) is 35.4 Å². The van der Waals surface area contributed by atoms with Crippen molar-refractivity contribution in [3.63, 3.8) is 0 Å². The Hall–Kier alpha value is -3.65. The largest absolute Gasteiger partial charge is 0.375 e. The molecular formula is C24H24N6O2. The van der Waals surface area contributed by atoms with Crippen LogP contribution in [0.4, 0.5) is 0 Å². The fourth-order valence-corrected chi connectivity index (χ4v) is 4.27. The number of ether oxygens (including phenoxy) is 1. The Bertz CT molecular complexity index is 1260. The molecule has 0 spiro atoms. The van der Waals surface area contributed by atoms with Crippen LogP contribution in [0.1, 0.15) is 37.0 Å². The smallest absolute Gasteiger partial charge is 0.251 e. The predicted octanol–water partition coefficient (Wildman–Crippen LogP) is 3.56. The highest BCUT2D eigenvalue weighted by atomic mass is 16.5. The number of carbonyl (C=O) groups excluding carboxylic acids is 1. The number of carbonyl (C=O) groups is 1. The molecule has 1 fully saturated rings. The second kappa shape index (κ2) is 8.12. The van der Waals surface area contributed by atoms with Gasteiger partial charge in [-0.25, -0.2) is 4.68 Å². The number of rotatable bonds is 4. The lowest BCUT2D eigenvalue weighted by Crippen LogP contribution is -2.45. The van der Waals surface area contributed by atoms with Crippen molar-refractivity contribution in [1.82, 2.24) is 30.5 Å². The number of nitrogens with one attached hydrogen (secondary N) is 1. The molecule has 2 aromatic carbocycles. The molecule has 8 nitrogen and oxygen atoms in total. The number of fused-ring (bicyclic) bond motifs is 1. The van der Waals surface area contributed by atoms with Gasteiger partial charge in [-0.1, -0.05) is 24.3 Å². The molecule has 1 atom stereocenters. The molecule has 0 saturated carbocycles. The van der Waals surface area contributed by atoms with Crippen LogP contribution in [0, 0.1) is 0 Å². The molecular weight excluding hydrogens is 404 g/mol. The van der Waals surface area contributed by atoms with Gasteiger partial charge in [0.1, 0.15) is 6.33 Å². The second-order valence-corrected chi connectivity index (χ2v) is 8.67. The lowest BCUT2D eigenvalue weighted by atomic mass is 9.93. The van der Waals surface area contributed by atoms with Crippen molar-refractivity contribution in [2.45, 2.75) is 38.3 Å². The minimum absolute atomic E-state index is 0.0608. The summed E-state index contributed by atoms with van der Waals surface area (Å²) in [5.74, 6) is -0.128. The Kier molecular flexibility index (Phi) is 5.14. The van der Waals surface area contributed by atoms with Gasteiger partial charge in [-0.2, -0.15) is 0 Å². The Morgan fingerprint density at radius 1 is 1.19 bits per heavy atom. The van der Waals surface area contributed by atoms with Gasteiger partial charge in [-0.15, -0.1) is 5.10 Å². The lowest BCUT2D eigenvalue weighted by molar-refractivity contribution is -0.0615. The quantitative estimate of drug-likeness (QED) is 0.534. The van der Waals surface area contributed by atoms with E-state index < -0.39 is 0 Å². The molecule has 1 unspecified atom stereocenters. The highest BCUT2D eigenvalue weighted by molar-refractivity contribution is 5.99. The molecule has 5 rings (SSSR count). The fraction of sp³-hybridized carbons (Fsp3) is 0.292. The Morgan fingerprint density at radius 2 is 2.06 bits per heavy atom. The number of para-hydroxylation sites is 1. The molecule has 1 amide bonds. The van der Waals surface area contributed by atoms with E-state index in [9.17, 15) is 4.79 Å². The van der Waals surface area contributed by atoms with Crippen molar-refractivity contribution >= 4 is 16.8 Å². The number of hydrogen-bond donors (Lipinski definition) is 1. The molecule has 3 heterocycles. The minimum Gasteiger partial charge on any atom is -0.375 e. The van der Waals surface area contributed by atoms with E-state index in [2.05, 4.69) is 39.7 Å². The van der Waals surface area contributed by atoms with E-state index in [1.54, 1.807) is 16.9 Å². The third-order valence-electron chi connectivity index (χ3n) is 5.77. The molecule has 1 saturated heterocycles. The van der Waals surface area contributed by atoms with Crippen LogP contribution >= 0.6 is 0 Å². The first-order valence-corrected chi connectivity index (χ1v) is 10.7. The number of hydrogen-bond acceptors (Lipinski definition) is 6. The van der Waals surface area contributed by atoms with E-state index in [-0.39, 0.29) is 17.6 Å². The molecule has 2 aromatic heterocycles. The van der Waals surface area contributed by atoms with Gasteiger partial charge in [0.2, 0.25) is 0 Å². The summed E-state index contributed by atoms with van der Waals surface area (Å²) in [5.41, 5.74) is 3.70. The molecule has 1 aliphatic heterocycles. The average Bonchev–Trinajstić information content (AvgIpc) is 3.33. The van der Waals surface area contributed by atoms with Crippen LogP contribution in [0.2, 0.25) is 0 Å². The average molecular weight is 428 g/mol. The fourth-order valence-electron chi connectivity index (χ4n) is 4.27. The summed E-state index contributed by atoms with van der Waals surface area (Å²) in [6, 6.07) is 15.7. The molecule has 0 radical (unpaired) electrons. The maximum Gasteiger partial charge on any atom is 0.251 e. The molecule has 1 N–H and O–H groups in total. The zero-order valence-corrected chi connectivity index (χ0v) is 18.0. The Morgan fingerprint density at radius 3 is 2.88 bits per heavy atom. The predicted molar refractivity (Wildman–Crippen MR) is 120 cm³/mol. The SMILES string of the molecule is CC1(C)CC(NC(=O)c2cc(-c3cccc4cccnc34)cc(-n3cnnn3)c2)CCO1. The molecule has 8 heteroatoms. The van der Waals surface area contributed by atoms with Crippen LogP contribution in [0.3, 0.4) is 0 Å². The molecule has 1 aliphatic rings. The van der Waals surface area contributed by atoms with E-state index >= 15 is 0 Å². The Balaban J connectivity index is 1.56. The zero-order valence-electron chi connectivity index (χ0n) is 18.0. The molecule has 0 aliphatic carbocycles. The van der Waals surface area contributed by atoms with Gasteiger partial charge in [-0.3, -0.25) is 9.78 Å². The third-order valence-corrected chi connectivity index (χ3v) is 5.77. The van der Waals surface area contributed by atoms with Crippen LogP contribution in [-0.2, 0) is 4.74 Å². The lowest BCUT2D eigenvalue weighted by Gasteiger charge is -2.35. The van der Waals surface area contributed by atoms with Crippen LogP contribution in [0.25, 0.3) is 27.7 Å². The summed E-state index contributed by atoms with van der Waals surface area (Å²) in [4.78, 5) is 17.8. The van der Waals surface area contributed by atoms with Crippen molar-refractivity contribution in [2.24, 2.45) is 0 Å². The van der Waals surface area contributed by atoms with Crippen LogP contribution in [-0.4, -0.2) is 49.3 Å². The first kappa shape index (κ1) is 20.3. The number of aromatic nitrogens is 5. The second-order valence-electron chi connectivity index (χ2n) is 8.67. The highest BCUT2D eigenvalue weighted by Crippen LogP contribution is 2.30. The standard InChI is InChI=1S/C24H24N6O2/c1-24(2)14-19(8-10-32-24)27-23(31)18-11-17(12-20(13-18)30-15-26-28-29-30)21-7-3-5-16-6-4-9-25-22(16)21/h3-7,9,11-13,15,19H,8,10,14H2,1-2H3,(H,27,31). The normalized spacial score (nSPS) is 17.9. The van der Waals surface area contributed by atoms with E-state index in [0.717, 1.165) is 34.9 Å². The number of pyridine rings is 1. The van der Waals surface area contributed by atoms with Gasteiger partial charge in [0.05, 0.1) is 16.8 Å².